The van der Waals surface area contributed by atoms with Gasteiger partial charge in [0.1, 0.15) is 12.6 Å². The first-order valence-electron chi connectivity index (χ1n) is 13.9. The Morgan fingerprint density at radius 1 is 0.951 bits per heavy atom. The Morgan fingerprint density at radius 3 is 2.24 bits per heavy atom. The Bertz CT molecular complexity index is 1470. The second kappa shape index (κ2) is 13.5. The molecular weight excluding hydrogens is 558 g/mol. The maximum Gasteiger partial charge on any atom is 0.244 e. The van der Waals surface area contributed by atoms with Gasteiger partial charge in [0, 0.05) is 24.0 Å². The van der Waals surface area contributed by atoms with Gasteiger partial charge in [0.05, 0.1) is 11.9 Å². The number of aryl methyl sites for hydroxylation is 2. The lowest BCUT2D eigenvalue weighted by molar-refractivity contribution is -0.140. The van der Waals surface area contributed by atoms with Crippen molar-refractivity contribution in [3.8, 4) is 0 Å². The van der Waals surface area contributed by atoms with Crippen molar-refractivity contribution < 1.29 is 18.0 Å². The Kier molecular flexibility index (Phi) is 10.1. The molecule has 9 heteroatoms. The minimum Gasteiger partial charge on any atom is -0.352 e. The van der Waals surface area contributed by atoms with Crippen molar-refractivity contribution in [2.75, 3.05) is 17.1 Å². The molecule has 1 saturated carbocycles. The van der Waals surface area contributed by atoms with Crippen LogP contribution in [0.5, 0.6) is 0 Å². The van der Waals surface area contributed by atoms with E-state index in [-0.39, 0.29) is 24.9 Å². The Hall–Kier alpha value is -3.36. The molecule has 7 nitrogen and oxygen atoms in total. The summed E-state index contributed by atoms with van der Waals surface area (Å²) in [6.45, 7) is 3.44. The molecule has 1 atom stereocenters. The SMILES string of the molecule is Cc1ccc(N(CC(=O)N(Cc2ccccc2Cl)[C@H](Cc2ccccc2)C(=O)NC2CCCC2)S(C)(=O)=O)cc1C. The summed E-state index contributed by atoms with van der Waals surface area (Å²) in [7, 11) is -3.82. The van der Waals surface area contributed by atoms with Gasteiger partial charge in [-0.3, -0.25) is 13.9 Å². The van der Waals surface area contributed by atoms with Crippen LogP contribution in [0.2, 0.25) is 5.02 Å². The fourth-order valence-electron chi connectivity index (χ4n) is 5.23. The summed E-state index contributed by atoms with van der Waals surface area (Å²) in [6, 6.07) is 21.2. The topological polar surface area (TPSA) is 86.8 Å². The van der Waals surface area contributed by atoms with Crippen LogP contribution < -0.4 is 9.62 Å². The molecule has 0 aromatic heterocycles. The lowest BCUT2D eigenvalue weighted by atomic mass is 10.0. The van der Waals surface area contributed by atoms with Gasteiger partial charge in [0.2, 0.25) is 21.8 Å². The van der Waals surface area contributed by atoms with Crippen molar-refractivity contribution in [3.63, 3.8) is 0 Å². The number of nitrogens with zero attached hydrogens (tertiary/aromatic N) is 2. The molecule has 0 aliphatic heterocycles. The standard InChI is InChI=1S/C32H38ClN3O4S/c1-23-17-18-28(19-24(23)2)36(41(3,39)40)22-31(37)35(21-26-13-7-10-16-29(26)33)30(20-25-11-5-4-6-12-25)32(38)34-27-14-8-9-15-27/h4-7,10-13,16-19,27,30H,8-9,14-15,20-22H2,1-3H3,(H,34,38)/t30-/m1/s1. The summed E-state index contributed by atoms with van der Waals surface area (Å²) < 4.78 is 27.1. The fourth-order valence-corrected chi connectivity index (χ4v) is 6.26. The number of carbonyl (C=O) groups excluding carboxylic acids is 2. The van der Waals surface area contributed by atoms with Crippen LogP contribution in [0.15, 0.2) is 72.8 Å². The lowest BCUT2D eigenvalue weighted by Gasteiger charge is -2.34. The van der Waals surface area contributed by atoms with Gasteiger partial charge in [-0.1, -0.05) is 79.0 Å². The van der Waals surface area contributed by atoms with Gasteiger partial charge in [0.15, 0.2) is 0 Å². The van der Waals surface area contributed by atoms with E-state index in [1.807, 2.05) is 62.4 Å². The van der Waals surface area contributed by atoms with Crippen LogP contribution >= 0.6 is 11.6 Å². The number of benzene rings is 3. The van der Waals surface area contributed by atoms with Gasteiger partial charge in [-0.2, -0.15) is 0 Å². The number of hydrogen-bond acceptors (Lipinski definition) is 4. The molecule has 1 N–H and O–H groups in total. The minimum atomic E-state index is -3.82. The van der Waals surface area contributed by atoms with Crippen molar-refractivity contribution in [1.82, 2.24) is 10.2 Å². The van der Waals surface area contributed by atoms with E-state index in [0.717, 1.165) is 52.9 Å². The molecule has 1 aliphatic carbocycles. The molecule has 2 amide bonds. The predicted octanol–water partition coefficient (Wildman–Crippen LogP) is 5.42. The molecule has 0 radical (unpaired) electrons. The first-order valence-corrected chi connectivity index (χ1v) is 16.2. The molecule has 1 fully saturated rings. The van der Waals surface area contributed by atoms with Crippen LogP contribution in [0.1, 0.15) is 47.9 Å². The first kappa shape index (κ1) is 30.6. The Morgan fingerprint density at radius 2 is 1.61 bits per heavy atom. The number of amides is 2. The molecule has 0 spiro atoms. The van der Waals surface area contributed by atoms with E-state index in [9.17, 15) is 18.0 Å². The molecule has 0 heterocycles. The van der Waals surface area contributed by atoms with Crippen molar-refractivity contribution in [1.29, 1.82) is 0 Å². The lowest BCUT2D eigenvalue weighted by Crippen LogP contribution is -2.54. The third kappa shape index (κ3) is 8.11. The maximum atomic E-state index is 14.2. The van der Waals surface area contributed by atoms with Crippen LogP contribution in [-0.2, 0) is 32.6 Å². The summed E-state index contributed by atoms with van der Waals surface area (Å²) in [5.74, 6) is -0.741. The number of anilines is 1. The summed E-state index contributed by atoms with van der Waals surface area (Å²) in [4.78, 5) is 29.6. The van der Waals surface area contributed by atoms with Crippen LogP contribution in [0.25, 0.3) is 0 Å². The van der Waals surface area contributed by atoms with Gasteiger partial charge >= 0.3 is 0 Å². The van der Waals surface area contributed by atoms with E-state index in [1.165, 1.54) is 4.90 Å². The zero-order chi connectivity index (χ0) is 29.6. The fraction of sp³-hybridized carbons (Fsp3) is 0.375. The van der Waals surface area contributed by atoms with E-state index >= 15 is 0 Å². The van der Waals surface area contributed by atoms with Gasteiger partial charge in [-0.05, 0) is 67.1 Å². The second-order valence-corrected chi connectivity index (χ2v) is 13.2. The highest BCUT2D eigenvalue weighted by atomic mass is 35.5. The number of hydrogen-bond donors (Lipinski definition) is 1. The third-order valence-corrected chi connectivity index (χ3v) is 9.24. The van der Waals surface area contributed by atoms with E-state index in [0.29, 0.717) is 16.3 Å². The second-order valence-electron chi connectivity index (χ2n) is 10.8. The zero-order valence-electron chi connectivity index (χ0n) is 23.8. The van der Waals surface area contributed by atoms with Crippen molar-refractivity contribution in [3.05, 3.63) is 100 Å². The van der Waals surface area contributed by atoms with E-state index in [2.05, 4.69) is 5.32 Å². The predicted molar refractivity (Wildman–Crippen MR) is 164 cm³/mol. The molecule has 218 valence electrons. The van der Waals surface area contributed by atoms with Gasteiger partial charge in [-0.15, -0.1) is 0 Å². The summed E-state index contributed by atoms with van der Waals surface area (Å²) in [6.07, 6.45) is 5.26. The molecule has 3 aromatic carbocycles. The average Bonchev–Trinajstić information content (AvgIpc) is 3.44. The molecule has 0 saturated heterocycles. The Labute approximate surface area is 248 Å². The molecule has 0 unspecified atom stereocenters. The number of rotatable bonds is 11. The highest BCUT2D eigenvalue weighted by Crippen LogP contribution is 2.25. The third-order valence-electron chi connectivity index (χ3n) is 7.73. The van der Waals surface area contributed by atoms with Crippen LogP contribution in [0.4, 0.5) is 5.69 Å². The summed E-state index contributed by atoms with van der Waals surface area (Å²) in [5.41, 5.74) is 3.89. The van der Waals surface area contributed by atoms with E-state index in [1.54, 1.807) is 24.3 Å². The van der Waals surface area contributed by atoms with Gasteiger partial charge in [-0.25, -0.2) is 8.42 Å². The maximum absolute atomic E-state index is 14.2. The van der Waals surface area contributed by atoms with Crippen LogP contribution in [0, 0.1) is 13.8 Å². The van der Waals surface area contributed by atoms with Gasteiger partial charge < -0.3 is 10.2 Å². The Balaban J connectivity index is 1.74. The number of halogens is 1. The summed E-state index contributed by atoms with van der Waals surface area (Å²) in [5, 5.41) is 3.63. The summed E-state index contributed by atoms with van der Waals surface area (Å²) >= 11 is 6.52. The van der Waals surface area contributed by atoms with Crippen LogP contribution in [-0.4, -0.2) is 50.0 Å². The van der Waals surface area contributed by atoms with Crippen LogP contribution in [0.3, 0.4) is 0 Å². The smallest absolute Gasteiger partial charge is 0.244 e. The van der Waals surface area contributed by atoms with E-state index < -0.39 is 28.5 Å². The van der Waals surface area contributed by atoms with Crippen molar-refractivity contribution in [2.24, 2.45) is 0 Å². The van der Waals surface area contributed by atoms with Crippen molar-refractivity contribution in [2.45, 2.75) is 64.6 Å². The molecule has 0 bridgehead atoms. The first-order chi connectivity index (χ1) is 19.5. The average molecular weight is 596 g/mol. The highest BCUT2D eigenvalue weighted by Gasteiger charge is 2.34. The minimum absolute atomic E-state index is 0.0542. The normalized spacial score (nSPS) is 14.4. The molecule has 4 rings (SSSR count). The quantitative estimate of drug-likeness (QED) is 0.321. The molecule has 41 heavy (non-hydrogen) atoms. The molecule has 3 aromatic rings. The zero-order valence-corrected chi connectivity index (χ0v) is 25.4. The number of sulfonamides is 1. The largest absolute Gasteiger partial charge is 0.352 e. The highest BCUT2D eigenvalue weighted by molar-refractivity contribution is 7.92. The van der Waals surface area contributed by atoms with Gasteiger partial charge in [0.25, 0.3) is 0 Å². The van der Waals surface area contributed by atoms with E-state index in [4.69, 9.17) is 11.6 Å². The number of carbonyl (C=O) groups is 2. The number of nitrogens with one attached hydrogen (secondary N) is 1. The monoisotopic (exact) mass is 595 g/mol. The van der Waals surface area contributed by atoms with Crippen molar-refractivity contribution >= 4 is 39.1 Å². The molecule has 1 aliphatic rings. The molecular formula is C32H38ClN3O4S.